The normalized spacial score (nSPS) is 10.8. The summed E-state index contributed by atoms with van der Waals surface area (Å²) in [6.07, 6.45) is 0.847. The van der Waals surface area contributed by atoms with Crippen molar-refractivity contribution >= 4 is 28.3 Å². The molecule has 4 heteroatoms. The molecule has 0 fully saturated rings. The summed E-state index contributed by atoms with van der Waals surface area (Å²) in [7, 11) is 0. The number of fused-ring (bicyclic) bond motifs is 1. The van der Waals surface area contributed by atoms with E-state index in [2.05, 4.69) is 10.3 Å². The Kier molecular flexibility index (Phi) is 3.48. The molecule has 0 spiro atoms. The fourth-order valence-corrected chi connectivity index (χ4v) is 2.10. The number of hydrogen-bond donors (Lipinski definition) is 1. The second kappa shape index (κ2) is 4.88. The highest BCUT2D eigenvalue weighted by Crippen LogP contribution is 2.27. The Hall–Kier alpha value is -1.35. The molecule has 0 aliphatic carbocycles. The Morgan fingerprint density at radius 3 is 2.71 bits per heavy atom. The van der Waals surface area contributed by atoms with E-state index in [0.717, 1.165) is 29.7 Å². The molecule has 1 aromatic heterocycles. The number of aromatic nitrogens is 1. The van der Waals surface area contributed by atoms with Gasteiger partial charge in [-0.25, -0.2) is 9.37 Å². The molecule has 0 unspecified atom stereocenters. The third-order valence-corrected chi connectivity index (χ3v) is 2.93. The van der Waals surface area contributed by atoms with E-state index in [1.165, 1.54) is 12.1 Å². The fraction of sp³-hybridized carbons (Fsp3) is 0.308. The van der Waals surface area contributed by atoms with Gasteiger partial charge in [0.1, 0.15) is 11.6 Å². The number of halogens is 2. The van der Waals surface area contributed by atoms with Crippen molar-refractivity contribution in [3.8, 4) is 0 Å². The van der Waals surface area contributed by atoms with Crippen LogP contribution in [0, 0.1) is 5.82 Å². The molecule has 1 aromatic carbocycles. The minimum atomic E-state index is -0.331. The number of benzene rings is 1. The van der Waals surface area contributed by atoms with Crippen molar-refractivity contribution in [1.29, 1.82) is 0 Å². The number of rotatable bonds is 3. The molecule has 0 saturated carbocycles. The molecule has 1 N–H and O–H groups in total. The predicted molar refractivity (Wildman–Crippen MR) is 70.3 cm³/mol. The van der Waals surface area contributed by atoms with Gasteiger partial charge in [-0.3, -0.25) is 0 Å². The van der Waals surface area contributed by atoms with Gasteiger partial charge in [0.2, 0.25) is 0 Å². The molecule has 0 aliphatic rings. The summed E-state index contributed by atoms with van der Waals surface area (Å²) >= 11 is 6.00. The van der Waals surface area contributed by atoms with Crippen LogP contribution in [0.15, 0.2) is 18.2 Å². The maximum Gasteiger partial charge on any atom is 0.129 e. The van der Waals surface area contributed by atoms with Gasteiger partial charge in [-0.2, -0.15) is 0 Å². The smallest absolute Gasteiger partial charge is 0.129 e. The highest BCUT2D eigenvalue weighted by atomic mass is 35.5. The van der Waals surface area contributed by atoms with Crippen LogP contribution in [0.1, 0.15) is 19.4 Å². The first-order valence-corrected chi connectivity index (χ1v) is 6.06. The van der Waals surface area contributed by atoms with E-state index in [0.29, 0.717) is 10.5 Å². The lowest BCUT2D eigenvalue weighted by atomic mass is 10.1. The summed E-state index contributed by atoms with van der Waals surface area (Å²) in [5, 5.41) is 4.29. The average Bonchev–Trinajstić information content (AvgIpc) is 2.29. The Morgan fingerprint density at radius 2 is 2.06 bits per heavy atom. The van der Waals surface area contributed by atoms with Gasteiger partial charge in [-0.05, 0) is 37.1 Å². The van der Waals surface area contributed by atoms with Crippen LogP contribution in [0.3, 0.4) is 0 Å². The predicted octanol–water partition coefficient (Wildman–Crippen LogP) is 4.02. The summed E-state index contributed by atoms with van der Waals surface area (Å²) in [5.74, 6) is 0.499. The quantitative estimate of drug-likeness (QED) is 0.892. The zero-order valence-electron chi connectivity index (χ0n) is 9.85. The van der Waals surface area contributed by atoms with Crippen LogP contribution < -0.4 is 5.32 Å². The average molecular weight is 253 g/mol. The highest BCUT2D eigenvalue weighted by Gasteiger charge is 2.09. The van der Waals surface area contributed by atoms with E-state index in [1.807, 2.05) is 19.9 Å². The first-order chi connectivity index (χ1) is 8.15. The van der Waals surface area contributed by atoms with Gasteiger partial charge in [-0.15, -0.1) is 0 Å². The molecule has 2 nitrogen and oxygen atoms in total. The number of nitrogens with one attached hydrogen (secondary N) is 1. The lowest BCUT2D eigenvalue weighted by molar-refractivity contribution is 0.629. The zero-order valence-corrected chi connectivity index (χ0v) is 10.6. The molecule has 1 heterocycles. The molecule has 0 bridgehead atoms. The number of anilines is 1. The summed E-state index contributed by atoms with van der Waals surface area (Å²) in [5.41, 5.74) is 1.71. The summed E-state index contributed by atoms with van der Waals surface area (Å²) < 4.78 is 13.3. The molecule has 90 valence electrons. The van der Waals surface area contributed by atoms with Crippen molar-refractivity contribution in [3.05, 3.63) is 34.6 Å². The van der Waals surface area contributed by atoms with Gasteiger partial charge in [0.05, 0.1) is 10.5 Å². The zero-order chi connectivity index (χ0) is 12.4. The lowest BCUT2D eigenvalue weighted by Gasteiger charge is -2.10. The van der Waals surface area contributed by atoms with Crippen molar-refractivity contribution in [2.75, 3.05) is 11.9 Å². The number of nitrogens with zero attached hydrogens (tertiary/aromatic N) is 1. The minimum Gasteiger partial charge on any atom is -0.370 e. The van der Waals surface area contributed by atoms with Gasteiger partial charge >= 0.3 is 0 Å². The highest BCUT2D eigenvalue weighted by molar-refractivity contribution is 6.35. The Balaban J connectivity index is 2.69. The van der Waals surface area contributed by atoms with Gasteiger partial charge < -0.3 is 5.32 Å². The summed E-state index contributed by atoms with van der Waals surface area (Å²) in [6, 6.07) is 4.69. The van der Waals surface area contributed by atoms with E-state index in [4.69, 9.17) is 11.6 Å². The number of hydrogen-bond acceptors (Lipinski definition) is 2. The molecular formula is C13H14ClFN2. The second-order valence-electron chi connectivity index (χ2n) is 3.84. The SMILES string of the molecule is CCNc1nc2c(Cl)cc(F)cc2cc1CC. The van der Waals surface area contributed by atoms with Gasteiger partial charge in [0.25, 0.3) is 0 Å². The van der Waals surface area contributed by atoms with Crippen LogP contribution >= 0.6 is 11.6 Å². The Morgan fingerprint density at radius 1 is 1.29 bits per heavy atom. The monoisotopic (exact) mass is 252 g/mol. The number of pyridine rings is 1. The first-order valence-electron chi connectivity index (χ1n) is 5.68. The Bertz CT molecular complexity index is 555. The fourth-order valence-electron chi connectivity index (χ4n) is 1.84. The summed E-state index contributed by atoms with van der Waals surface area (Å²) in [6.45, 7) is 4.85. The molecule has 2 rings (SSSR count). The maximum atomic E-state index is 13.3. The van der Waals surface area contributed by atoms with Crippen LogP contribution in [0.5, 0.6) is 0 Å². The van der Waals surface area contributed by atoms with Crippen molar-refractivity contribution in [1.82, 2.24) is 4.98 Å². The van der Waals surface area contributed by atoms with Gasteiger partial charge in [0.15, 0.2) is 0 Å². The van der Waals surface area contributed by atoms with E-state index in [-0.39, 0.29) is 5.82 Å². The van der Waals surface area contributed by atoms with Crippen molar-refractivity contribution in [2.24, 2.45) is 0 Å². The molecule has 0 radical (unpaired) electrons. The van der Waals surface area contributed by atoms with Crippen LogP contribution in [-0.4, -0.2) is 11.5 Å². The molecule has 0 saturated heterocycles. The van der Waals surface area contributed by atoms with Crippen LogP contribution in [0.4, 0.5) is 10.2 Å². The van der Waals surface area contributed by atoms with Gasteiger partial charge in [0, 0.05) is 11.9 Å². The van der Waals surface area contributed by atoms with Crippen molar-refractivity contribution in [3.63, 3.8) is 0 Å². The minimum absolute atomic E-state index is 0.331. The van der Waals surface area contributed by atoms with E-state index in [9.17, 15) is 4.39 Å². The molecular weight excluding hydrogens is 239 g/mol. The van der Waals surface area contributed by atoms with Gasteiger partial charge in [-0.1, -0.05) is 18.5 Å². The molecule has 0 aliphatic heterocycles. The molecule has 0 atom stereocenters. The third-order valence-electron chi connectivity index (χ3n) is 2.64. The molecule has 0 amide bonds. The van der Waals surface area contributed by atoms with Crippen LogP contribution in [0.25, 0.3) is 10.9 Å². The Labute approximate surface area is 105 Å². The standard InChI is InChI=1S/C13H14ClFN2/c1-3-8-5-9-6-10(15)7-11(14)12(9)17-13(8)16-4-2/h5-7H,3-4H2,1-2H3,(H,16,17). The van der Waals surface area contributed by atoms with E-state index < -0.39 is 0 Å². The second-order valence-corrected chi connectivity index (χ2v) is 4.25. The molecule has 2 aromatic rings. The van der Waals surface area contributed by atoms with Crippen LogP contribution in [0.2, 0.25) is 5.02 Å². The van der Waals surface area contributed by atoms with E-state index in [1.54, 1.807) is 0 Å². The first kappa shape index (κ1) is 12.1. The summed E-state index contributed by atoms with van der Waals surface area (Å²) in [4.78, 5) is 4.47. The lowest BCUT2D eigenvalue weighted by Crippen LogP contribution is -2.03. The van der Waals surface area contributed by atoms with E-state index >= 15 is 0 Å². The van der Waals surface area contributed by atoms with Crippen molar-refractivity contribution in [2.45, 2.75) is 20.3 Å². The van der Waals surface area contributed by atoms with Crippen molar-refractivity contribution < 1.29 is 4.39 Å². The van der Waals surface area contributed by atoms with Crippen LogP contribution in [-0.2, 0) is 6.42 Å². The maximum absolute atomic E-state index is 13.3. The molecule has 17 heavy (non-hydrogen) atoms. The largest absolute Gasteiger partial charge is 0.370 e. The third kappa shape index (κ3) is 2.34. The number of aryl methyl sites for hydroxylation is 1. The topological polar surface area (TPSA) is 24.9 Å².